The van der Waals surface area contributed by atoms with Crippen molar-refractivity contribution in [3.05, 3.63) is 71.4 Å². The van der Waals surface area contributed by atoms with Crippen LogP contribution in [0, 0.1) is 11.8 Å². The predicted molar refractivity (Wildman–Crippen MR) is 172 cm³/mol. The number of carbonyl (C=O) groups is 3. The van der Waals surface area contributed by atoms with Crippen LogP contribution in [0.15, 0.2) is 71.4 Å². The van der Waals surface area contributed by atoms with E-state index in [4.69, 9.17) is 31.9 Å². The number of nitrogens with two attached hydrogens (primary N) is 1. The SMILES string of the molecule is CC/C=C/C(CC(O)CC(O)C(O)C(O)C(C)/C(Cl)=C/C=C/C=C(C)/C=C/C=C/C(=O)O[C@H]1C[C@H](C(=O)O)CC[C@H]1O)OC(N)=O. The van der Waals surface area contributed by atoms with Crippen LogP contribution < -0.4 is 5.73 Å². The summed E-state index contributed by atoms with van der Waals surface area (Å²) in [5.74, 6) is -3.07. The molecule has 0 aromatic heterocycles. The van der Waals surface area contributed by atoms with Gasteiger partial charge < -0.3 is 45.8 Å². The Hall–Kier alpha value is -3.26. The van der Waals surface area contributed by atoms with Gasteiger partial charge in [0.15, 0.2) is 0 Å². The van der Waals surface area contributed by atoms with Gasteiger partial charge in [0.2, 0.25) is 0 Å². The molecule has 0 radical (unpaired) electrons. The number of allylic oxidation sites excluding steroid dienone is 9. The van der Waals surface area contributed by atoms with E-state index in [0.717, 1.165) is 5.57 Å². The Bertz CT molecular complexity index is 1160. The third kappa shape index (κ3) is 15.8. The second-order valence-electron chi connectivity index (χ2n) is 11.2. The number of aliphatic carboxylic acids is 1. The minimum atomic E-state index is -1.62. The van der Waals surface area contributed by atoms with Gasteiger partial charge in [-0.25, -0.2) is 9.59 Å². The van der Waals surface area contributed by atoms with E-state index in [1.807, 2.05) is 13.8 Å². The molecule has 0 bridgehead atoms. The Morgan fingerprint density at radius 1 is 0.978 bits per heavy atom. The van der Waals surface area contributed by atoms with E-state index in [0.29, 0.717) is 12.8 Å². The van der Waals surface area contributed by atoms with Crippen LogP contribution in [0.2, 0.25) is 0 Å². The van der Waals surface area contributed by atoms with Crippen molar-refractivity contribution in [1.29, 1.82) is 0 Å². The highest BCUT2D eigenvalue weighted by molar-refractivity contribution is 6.30. The molecule has 0 saturated heterocycles. The normalized spacial score (nSPS) is 23.8. The van der Waals surface area contributed by atoms with E-state index in [-0.39, 0.29) is 30.7 Å². The molecule has 0 heterocycles. The topological polar surface area (TPSA) is 217 Å². The Morgan fingerprint density at radius 2 is 1.63 bits per heavy atom. The average Bonchev–Trinajstić information content (AvgIpc) is 2.99. The van der Waals surface area contributed by atoms with Crippen LogP contribution in [-0.2, 0) is 19.1 Å². The Labute approximate surface area is 274 Å². The van der Waals surface area contributed by atoms with E-state index < -0.39 is 72.6 Å². The predicted octanol–water partition coefficient (Wildman–Crippen LogP) is 3.17. The van der Waals surface area contributed by atoms with Gasteiger partial charge in [-0.1, -0.05) is 73.6 Å². The van der Waals surface area contributed by atoms with Gasteiger partial charge in [-0.2, -0.15) is 0 Å². The third-order valence-corrected chi connectivity index (χ3v) is 7.84. The van der Waals surface area contributed by atoms with E-state index in [9.17, 15) is 39.9 Å². The largest absolute Gasteiger partial charge is 0.481 e. The number of amides is 1. The zero-order valence-electron chi connectivity index (χ0n) is 26.4. The number of aliphatic hydroxyl groups is 5. The first kappa shape index (κ1) is 40.8. The molecule has 1 aliphatic rings. The number of hydrogen-bond acceptors (Lipinski definition) is 10. The number of carboxylic acids is 1. The summed E-state index contributed by atoms with van der Waals surface area (Å²) >= 11 is 6.30. The monoisotopic (exact) mass is 669 g/mol. The number of carboxylic acid groups (broad SMARTS) is 1. The molecule has 12 nitrogen and oxygen atoms in total. The maximum atomic E-state index is 12.1. The number of halogens is 1. The van der Waals surface area contributed by atoms with Gasteiger partial charge in [-0.05, 0) is 38.3 Å². The molecule has 13 heteroatoms. The fourth-order valence-electron chi connectivity index (χ4n) is 4.63. The first-order valence-corrected chi connectivity index (χ1v) is 15.6. The number of hydrogen-bond donors (Lipinski definition) is 7. The maximum Gasteiger partial charge on any atom is 0.405 e. The summed E-state index contributed by atoms with van der Waals surface area (Å²) in [4.78, 5) is 34.3. The van der Waals surface area contributed by atoms with Gasteiger partial charge in [0.05, 0.1) is 30.3 Å². The molecule has 1 rings (SSSR count). The Kier molecular flexibility index (Phi) is 19.1. The Balaban J connectivity index is 2.60. The molecular weight excluding hydrogens is 622 g/mol. The van der Waals surface area contributed by atoms with Gasteiger partial charge in [-0.3, -0.25) is 4.79 Å². The molecule has 1 fully saturated rings. The molecule has 0 aromatic rings. The average molecular weight is 670 g/mol. The van der Waals surface area contributed by atoms with E-state index >= 15 is 0 Å². The molecule has 1 amide bonds. The van der Waals surface area contributed by atoms with Crippen LogP contribution in [0.4, 0.5) is 4.79 Å². The molecule has 9 atom stereocenters. The van der Waals surface area contributed by atoms with Crippen LogP contribution in [0.1, 0.15) is 59.3 Å². The summed E-state index contributed by atoms with van der Waals surface area (Å²) in [5.41, 5.74) is 5.87. The molecule has 258 valence electrons. The molecule has 8 N–H and O–H groups in total. The van der Waals surface area contributed by atoms with Gasteiger partial charge >= 0.3 is 18.0 Å². The summed E-state index contributed by atoms with van der Waals surface area (Å²) in [6.07, 6.45) is 7.51. The van der Waals surface area contributed by atoms with Gasteiger partial charge in [0.25, 0.3) is 0 Å². The highest BCUT2D eigenvalue weighted by Crippen LogP contribution is 2.27. The van der Waals surface area contributed by atoms with Crippen molar-refractivity contribution in [1.82, 2.24) is 0 Å². The lowest BCUT2D eigenvalue weighted by molar-refractivity contribution is -0.159. The van der Waals surface area contributed by atoms with E-state index in [1.165, 1.54) is 18.2 Å². The first-order chi connectivity index (χ1) is 21.7. The van der Waals surface area contributed by atoms with Crippen molar-refractivity contribution < 1.29 is 54.5 Å². The fraction of sp³-hybridized carbons (Fsp3) is 0.545. The summed E-state index contributed by atoms with van der Waals surface area (Å²) in [6, 6.07) is 0. The quantitative estimate of drug-likeness (QED) is 0.0486. The second kappa shape index (κ2) is 21.5. The smallest absolute Gasteiger partial charge is 0.405 e. The van der Waals surface area contributed by atoms with E-state index in [2.05, 4.69) is 0 Å². The molecule has 6 unspecified atom stereocenters. The summed E-state index contributed by atoms with van der Waals surface area (Å²) in [7, 11) is 0. The number of carbonyl (C=O) groups excluding carboxylic acids is 2. The minimum absolute atomic E-state index is 0.0623. The molecule has 1 saturated carbocycles. The second-order valence-corrected chi connectivity index (χ2v) is 11.7. The zero-order chi connectivity index (χ0) is 34.8. The number of ether oxygens (including phenoxy) is 2. The van der Waals surface area contributed by atoms with Crippen molar-refractivity contribution in [2.45, 2.75) is 102 Å². The van der Waals surface area contributed by atoms with Crippen LogP contribution in [-0.4, -0.2) is 91.4 Å². The van der Waals surface area contributed by atoms with Gasteiger partial charge in [0.1, 0.15) is 18.3 Å². The molecule has 0 aromatic carbocycles. The lowest BCUT2D eigenvalue weighted by Gasteiger charge is -2.30. The first-order valence-electron chi connectivity index (χ1n) is 15.2. The van der Waals surface area contributed by atoms with Crippen molar-refractivity contribution in [3.63, 3.8) is 0 Å². The van der Waals surface area contributed by atoms with Crippen molar-refractivity contribution in [2.75, 3.05) is 0 Å². The van der Waals surface area contributed by atoms with Crippen LogP contribution in [0.25, 0.3) is 0 Å². The van der Waals surface area contributed by atoms with Gasteiger partial charge in [-0.15, -0.1) is 0 Å². The van der Waals surface area contributed by atoms with Crippen molar-refractivity contribution in [2.24, 2.45) is 17.6 Å². The third-order valence-electron chi connectivity index (χ3n) is 7.37. The number of rotatable bonds is 18. The molecule has 1 aliphatic carbocycles. The fourth-order valence-corrected chi connectivity index (χ4v) is 4.83. The zero-order valence-corrected chi connectivity index (χ0v) is 27.1. The summed E-state index contributed by atoms with van der Waals surface area (Å²) < 4.78 is 10.1. The lowest BCUT2D eigenvalue weighted by Crippen LogP contribution is -2.43. The highest BCUT2D eigenvalue weighted by Gasteiger charge is 2.35. The Morgan fingerprint density at radius 3 is 2.26 bits per heavy atom. The van der Waals surface area contributed by atoms with E-state index in [1.54, 1.807) is 49.5 Å². The molecular formula is C33H48ClNO11. The number of primary amides is 1. The summed E-state index contributed by atoms with van der Waals surface area (Å²) in [5, 5.41) is 61.1. The maximum absolute atomic E-state index is 12.1. The van der Waals surface area contributed by atoms with Crippen molar-refractivity contribution in [3.8, 4) is 0 Å². The van der Waals surface area contributed by atoms with Crippen molar-refractivity contribution >= 4 is 29.6 Å². The minimum Gasteiger partial charge on any atom is -0.481 e. The van der Waals surface area contributed by atoms with Crippen LogP contribution in [0.3, 0.4) is 0 Å². The number of esters is 1. The van der Waals surface area contributed by atoms with Crippen LogP contribution >= 0.6 is 11.6 Å². The number of aliphatic hydroxyl groups excluding tert-OH is 5. The molecule has 0 aliphatic heterocycles. The highest BCUT2D eigenvalue weighted by atomic mass is 35.5. The standard InChI is InChI=1S/C33H48ClNO11/c1-4-5-12-24(45-33(35)44)18-23(36)19-27(38)31(41)30(40)21(3)25(34)13-8-6-10-20(2)11-7-9-14-29(39)46-28-17-22(32(42)43)15-16-26(28)37/h5-14,21-24,26-28,30-31,36-38,40-41H,4,15-19H2,1-3H3,(H2,35,44)(H,42,43)/b8-6+,11-7+,12-5+,14-9+,20-10+,25-13-/t21?,22-,23?,24?,26-,27?,28+,30?,31?/m1/s1. The van der Waals surface area contributed by atoms with Crippen LogP contribution in [0.5, 0.6) is 0 Å². The molecule has 46 heavy (non-hydrogen) atoms. The summed E-state index contributed by atoms with van der Waals surface area (Å²) in [6.45, 7) is 5.25. The van der Waals surface area contributed by atoms with Gasteiger partial charge in [0, 0.05) is 36.3 Å². The lowest BCUT2D eigenvalue weighted by atomic mass is 9.85. The molecule has 0 spiro atoms.